The Balaban J connectivity index is 1.93. The molecule has 1 aromatic carbocycles. The first-order valence-electron chi connectivity index (χ1n) is 8.08. The van der Waals surface area contributed by atoms with E-state index in [0.717, 1.165) is 18.6 Å². The number of benzene rings is 1. The Morgan fingerprint density at radius 2 is 2.00 bits per heavy atom. The summed E-state index contributed by atoms with van der Waals surface area (Å²) in [4.78, 5) is 24.1. The molecule has 0 saturated heterocycles. The van der Waals surface area contributed by atoms with Gasteiger partial charge in [-0.25, -0.2) is 4.68 Å². The van der Waals surface area contributed by atoms with Gasteiger partial charge in [-0.1, -0.05) is 31.5 Å². The smallest absolute Gasteiger partial charge is 0.294 e. The molecule has 2 amide bonds. The molecule has 0 aliphatic carbocycles. The number of carbonyl (C=O) groups excluding carboxylic acids is 2. The van der Waals surface area contributed by atoms with Gasteiger partial charge in [-0.3, -0.25) is 20.4 Å². The molecule has 1 aromatic heterocycles. The van der Waals surface area contributed by atoms with E-state index in [4.69, 9.17) is 0 Å². The number of nitrogens with zero attached hydrogens (tertiary/aromatic N) is 2. The summed E-state index contributed by atoms with van der Waals surface area (Å²) in [5.74, 6) is -0.343. The fourth-order valence-electron chi connectivity index (χ4n) is 2.00. The largest absolute Gasteiger partial charge is 0.504 e. The van der Waals surface area contributed by atoms with Gasteiger partial charge in [0.15, 0.2) is 11.4 Å². The van der Waals surface area contributed by atoms with Gasteiger partial charge >= 0.3 is 0 Å². The number of nitrogens with one attached hydrogen (secondary N) is 2. The third-order valence-corrected chi connectivity index (χ3v) is 4.70. The average Bonchev–Trinajstić information content (AvgIpc) is 3.02. The standard InChI is InChI=1S/C17H22N4O3S/c1-3-4-10-25-12(2)16(23)18-19-17(24)15-14(22)11-21(20-15)13-8-6-5-7-9-13/h5-9,11-12,22H,3-4,10H2,1-2H3,(H,18,23)(H,19,24). The topological polar surface area (TPSA) is 96.3 Å². The Labute approximate surface area is 150 Å². The molecule has 8 heteroatoms. The van der Waals surface area contributed by atoms with Crippen LogP contribution in [-0.2, 0) is 4.79 Å². The molecule has 25 heavy (non-hydrogen) atoms. The summed E-state index contributed by atoms with van der Waals surface area (Å²) in [7, 11) is 0. The molecule has 7 nitrogen and oxygen atoms in total. The van der Waals surface area contributed by atoms with Crippen molar-refractivity contribution in [1.29, 1.82) is 0 Å². The first-order valence-corrected chi connectivity index (χ1v) is 9.13. The molecule has 2 rings (SSSR count). The van der Waals surface area contributed by atoms with E-state index in [-0.39, 0.29) is 22.6 Å². The molecule has 0 aliphatic rings. The summed E-state index contributed by atoms with van der Waals surface area (Å²) in [5, 5.41) is 13.7. The van der Waals surface area contributed by atoms with Crippen LogP contribution in [0.3, 0.4) is 0 Å². The highest BCUT2D eigenvalue weighted by Crippen LogP contribution is 2.18. The maximum Gasteiger partial charge on any atom is 0.294 e. The highest BCUT2D eigenvalue weighted by molar-refractivity contribution is 8.00. The monoisotopic (exact) mass is 362 g/mol. The number of hydrogen-bond acceptors (Lipinski definition) is 5. The van der Waals surface area contributed by atoms with Gasteiger partial charge in [0.2, 0.25) is 0 Å². The van der Waals surface area contributed by atoms with E-state index >= 15 is 0 Å². The Bertz CT molecular complexity index is 718. The van der Waals surface area contributed by atoms with Crippen LogP contribution >= 0.6 is 11.8 Å². The van der Waals surface area contributed by atoms with Gasteiger partial charge in [0, 0.05) is 0 Å². The molecule has 0 spiro atoms. The highest BCUT2D eigenvalue weighted by atomic mass is 32.2. The first-order chi connectivity index (χ1) is 12.0. The van der Waals surface area contributed by atoms with Crippen LogP contribution in [0.25, 0.3) is 5.69 Å². The predicted molar refractivity (Wildman–Crippen MR) is 97.7 cm³/mol. The summed E-state index contributed by atoms with van der Waals surface area (Å²) in [6, 6.07) is 9.10. The number of unbranched alkanes of at least 4 members (excludes halogenated alkanes) is 1. The summed E-state index contributed by atoms with van der Waals surface area (Å²) in [5.41, 5.74) is 5.21. The summed E-state index contributed by atoms with van der Waals surface area (Å²) < 4.78 is 1.40. The lowest BCUT2D eigenvalue weighted by Gasteiger charge is -2.12. The maximum atomic E-state index is 12.1. The summed E-state index contributed by atoms with van der Waals surface area (Å²) in [6.07, 6.45) is 3.45. The Morgan fingerprint density at radius 3 is 2.68 bits per heavy atom. The van der Waals surface area contributed by atoms with Crippen molar-refractivity contribution in [2.24, 2.45) is 0 Å². The van der Waals surface area contributed by atoms with E-state index in [1.165, 1.54) is 22.6 Å². The molecule has 0 aliphatic heterocycles. The van der Waals surface area contributed by atoms with E-state index in [0.29, 0.717) is 5.69 Å². The van der Waals surface area contributed by atoms with Gasteiger partial charge in [-0.15, -0.1) is 11.8 Å². The zero-order chi connectivity index (χ0) is 18.2. The fourth-order valence-corrected chi connectivity index (χ4v) is 3.02. The number of carbonyl (C=O) groups is 2. The van der Waals surface area contributed by atoms with Gasteiger partial charge in [-0.05, 0) is 31.2 Å². The third-order valence-electron chi connectivity index (χ3n) is 3.46. The van der Waals surface area contributed by atoms with Crippen molar-refractivity contribution in [3.63, 3.8) is 0 Å². The molecule has 2 aromatic rings. The van der Waals surface area contributed by atoms with E-state index in [9.17, 15) is 14.7 Å². The fraction of sp³-hybridized carbons (Fsp3) is 0.353. The maximum absolute atomic E-state index is 12.1. The SMILES string of the molecule is CCCCSC(C)C(=O)NNC(=O)c1nn(-c2ccccc2)cc1O. The number of hydrogen-bond donors (Lipinski definition) is 3. The van der Waals surface area contributed by atoms with Crippen molar-refractivity contribution in [1.82, 2.24) is 20.6 Å². The van der Waals surface area contributed by atoms with Gasteiger partial charge < -0.3 is 5.11 Å². The minimum absolute atomic E-state index is 0.157. The molecule has 1 heterocycles. The number of amides is 2. The third kappa shape index (κ3) is 5.25. The molecule has 134 valence electrons. The van der Waals surface area contributed by atoms with Crippen LogP contribution in [0.2, 0.25) is 0 Å². The number of aromatic nitrogens is 2. The van der Waals surface area contributed by atoms with Crippen molar-refractivity contribution in [3.05, 3.63) is 42.2 Å². The molecular weight excluding hydrogens is 340 g/mol. The van der Waals surface area contributed by atoms with Crippen LogP contribution in [0.1, 0.15) is 37.2 Å². The van der Waals surface area contributed by atoms with Crippen LogP contribution in [-0.4, -0.2) is 37.7 Å². The molecule has 1 unspecified atom stereocenters. The van der Waals surface area contributed by atoms with Crippen molar-refractivity contribution in [2.75, 3.05) is 5.75 Å². The lowest BCUT2D eigenvalue weighted by Crippen LogP contribution is -2.45. The van der Waals surface area contributed by atoms with E-state index < -0.39 is 5.91 Å². The Hall–Kier alpha value is -2.48. The average molecular weight is 362 g/mol. The van der Waals surface area contributed by atoms with Crippen molar-refractivity contribution in [2.45, 2.75) is 31.9 Å². The van der Waals surface area contributed by atoms with Gasteiger partial charge in [0.25, 0.3) is 11.8 Å². The first kappa shape index (κ1) is 18.9. The molecule has 3 N–H and O–H groups in total. The minimum Gasteiger partial charge on any atom is -0.504 e. The molecule has 1 atom stereocenters. The molecule has 0 bridgehead atoms. The van der Waals surface area contributed by atoms with Crippen LogP contribution in [0, 0.1) is 0 Å². The van der Waals surface area contributed by atoms with Crippen LogP contribution < -0.4 is 10.9 Å². The zero-order valence-electron chi connectivity index (χ0n) is 14.2. The van der Waals surface area contributed by atoms with Crippen LogP contribution in [0.4, 0.5) is 0 Å². The summed E-state index contributed by atoms with van der Waals surface area (Å²) >= 11 is 1.53. The lowest BCUT2D eigenvalue weighted by atomic mass is 10.3. The van der Waals surface area contributed by atoms with E-state index in [2.05, 4.69) is 22.9 Å². The predicted octanol–water partition coefficient (Wildman–Crippen LogP) is 2.26. The van der Waals surface area contributed by atoms with E-state index in [1.54, 1.807) is 19.1 Å². The second kappa shape index (κ2) is 9.12. The number of hydrazine groups is 1. The molecule has 0 saturated carbocycles. The highest BCUT2D eigenvalue weighted by Gasteiger charge is 2.19. The number of aromatic hydroxyl groups is 1. The number of thioether (sulfide) groups is 1. The van der Waals surface area contributed by atoms with E-state index in [1.807, 2.05) is 18.2 Å². The van der Waals surface area contributed by atoms with Gasteiger partial charge in [0.05, 0.1) is 17.1 Å². The second-order valence-corrected chi connectivity index (χ2v) is 6.90. The van der Waals surface area contributed by atoms with Crippen LogP contribution in [0.15, 0.2) is 36.5 Å². The summed E-state index contributed by atoms with van der Waals surface area (Å²) in [6.45, 7) is 3.87. The quantitative estimate of drug-likeness (QED) is 0.519. The Morgan fingerprint density at radius 1 is 1.28 bits per heavy atom. The molecule has 0 fully saturated rings. The normalized spacial score (nSPS) is 11.8. The van der Waals surface area contributed by atoms with Crippen molar-refractivity contribution < 1.29 is 14.7 Å². The Kier molecular flexibility index (Phi) is 6.88. The van der Waals surface area contributed by atoms with Gasteiger partial charge in [0.1, 0.15) is 0 Å². The van der Waals surface area contributed by atoms with Crippen molar-refractivity contribution in [3.8, 4) is 11.4 Å². The zero-order valence-corrected chi connectivity index (χ0v) is 15.0. The van der Waals surface area contributed by atoms with Crippen LogP contribution in [0.5, 0.6) is 5.75 Å². The molecule has 0 radical (unpaired) electrons. The molecular formula is C17H22N4O3S. The number of para-hydroxylation sites is 1. The second-order valence-electron chi connectivity index (χ2n) is 5.45. The number of rotatable bonds is 7. The lowest BCUT2D eigenvalue weighted by molar-refractivity contribution is -0.121. The van der Waals surface area contributed by atoms with Gasteiger partial charge in [-0.2, -0.15) is 5.10 Å². The van der Waals surface area contributed by atoms with Crippen molar-refractivity contribution >= 4 is 23.6 Å². The minimum atomic E-state index is -0.675.